The molecule has 0 bridgehead atoms. The monoisotopic (exact) mass is 264 g/mol. The Labute approximate surface area is 117 Å². The van der Waals surface area contributed by atoms with Gasteiger partial charge in [0.15, 0.2) is 0 Å². The highest BCUT2D eigenvalue weighted by Gasteiger charge is 2.21. The molecule has 0 spiro atoms. The van der Waals surface area contributed by atoms with Gasteiger partial charge < -0.3 is 9.73 Å². The number of hydrogen-bond donors (Lipinski definition) is 1. The van der Waals surface area contributed by atoms with Crippen LogP contribution in [0.3, 0.4) is 0 Å². The van der Waals surface area contributed by atoms with E-state index in [1.165, 1.54) is 0 Å². The first kappa shape index (κ1) is 16.0. The van der Waals surface area contributed by atoms with Crippen LogP contribution in [0.5, 0.6) is 0 Å². The number of rotatable bonds is 7. The lowest BCUT2D eigenvalue weighted by Crippen LogP contribution is -2.40. The Balaban J connectivity index is 2.62. The summed E-state index contributed by atoms with van der Waals surface area (Å²) in [6.45, 7) is 17.2. The molecule has 0 unspecified atom stereocenters. The van der Waals surface area contributed by atoms with Gasteiger partial charge in [0.2, 0.25) is 0 Å². The lowest BCUT2D eigenvalue weighted by atomic mass is 10.1. The lowest BCUT2D eigenvalue weighted by Gasteiger charge is -2.34. The van der Waals surface area contributed by atoms with Crippen molar-refractivity contribution in [3.05, 3.63) is 36.3 Å². The van der Waals surface area contributed by atoms with E-state index in [4.69, 9.17) is 4.42 Å². The molecule has 0 aliphatic carbocycles. The van der Waals surface area contributed by atoms with Gasteiger partial charge in [-0.2, -0.15) is 0 Å². The molecule has 3 nitrogen and oxygen atoms in total. The van der Waals surface area contributed by atoms with Gasteiger partial charge in [0.05, 0.1) is 13.1 Å². The van der Waals surface area contributed by atoms with Gasteiger partial charge in [-0.25, -0.2) is 0 Å². The highest BCUT2D eigenvalue weighted by Crippen LogP contribution is 2.18. The summed E-state index contributed by atoms with van der Waals surface area (Å²) < 4.78 is 5.87. The minimum absolute atomic E-state index is 0.108. The third-order valence-electron chi connectivity index (χ3n) is 3.05. The van der Waals surface area contributed by atoms with E-state index in [9.17, 15) is 0 Å². The predicted molar refractivity (Wildman–Crippen MR) is 81.0 cm³/mol. The Morgan fingerprint density at radius 3 is 2.47 bits per heavy atom. The molecule has 1 aromatic heterocycles. The molecule has 0 aliphatic rings. The maximum Gasteiger partial charge on any atom is 0.118 e. The van der Waals surface area contributed by atoms with Crippen LogP contribution >= 0.6 is 0 Å². The van der Waals surface area contributed by atoms with Gasteiger partial charge in [0.1, 0.15) is 11.5 Å². The van der Waals surface area contributed by atoms with Crippen LogP contribution in [0, 0.1) is 0 Å². The predicted octanol–water partition coefficient (Wildman–Crippen LogP) is 3.56. The number of nitrogens with one attached hydrogen (secondary N) is 1. The molecule has 0 radical (unpaired) electrons. The summed E-state index contributed by atoms with van der Waals surface area (Å²) in [6, 6.07) is 4.60. The minimum Gasteiger partial charge on any atom is -0.463 e. The van der Waals surface area contributed by atoms with Crippen molar-refractivity contribution in [1.82, 2.24) is 10.2 Å². The largest absolute Gasteiger partial charge is 0.463 e. The zero-order valence-electron chi connectivity index (χ0n) is 13.0. The van der Waals surface area contributed by atoms with Crippen molar-refractivity contribution >= 4 is 0 Å². The van der Waals surface area contributed by atoms with Crippen molar-refractivity contribution in [2.24, 2.45) is 0 Å². The van der Waals surface area contributed by atoms with E-state index in [1.807, 2.05) is 6.08 Å². The van der Waals surface area contributed by atoms with Crippen molar-refractivity contribution in [3.8, 4) is 0 Å². The maximum atomic E-state index is 5.87. The maximum absolute atomic E-state index is 5.87. The van der Waals surface area contributed by atoms with E-state index < -0.39 is 0 Å². The smallest absolute Gasteiger partial charge is 0.118 e. The van der Waals surface area contributed by atoms with E-state index in [1.54, 1.807) is 0 Å². The Morgan fingerprint density at radius 2 is 1.95 bits per heavy atom. The van der Waals surface area contributed by atoms with Crippen molar-refractivity contribution < 1.29 is 4.42 Å². The van der Waals surface area contributed by atoms with Crippen molar-refractivity contribution in [1.29, 1.82) is 0 Å². The Morgan fingerprint density at radius 1 is 1.32 bits per heavy atom. The van der Waals surface area contributed by atoms with Crippen LogP contribution in [0.1, 0.15) is 46.1 Å². The van der Waals surface area contributed by atoms with Gasteiger partial charge in [-0.1, -0.05) is 19.9 Å². The van der Waals surface area contributed by atoms with E-state index in [-0.39, 0.29) is 5.54 Å². The third kappa shape index (κ3) is 5.62. The fraction of sp³-hybridized carbons (Fsp3) is 0.625. The lowest BCUT2D eigenvalue weighted by molar-refractivity contribution is 0.133. The normalized spacial score (nSPS) is 12.4. The molecule has 1 N–H and O–H groups in total. The molecular formula is C16H28N2O. The average Bonchev–Trinajstić information content (AvgIpc) is 2.72. The van der Waals surface area contributed by atoms with Gasteiger partial charge in [0.25, 0.3) is 0 Å². The first-order chi connectivity index (χ1) is 8.82. The van der Waals surface area contributed by atoms with Crippen molar-refractivity contribution in [2.75, 3.05) is 6.54 Å². The van der Waals surface area contributed by atoms with Crippen LogP contribution < -0.4 is 5.32 Å². The Kier molecular flexibility index (Phi) is 5.83. The summed E-state index contributed by atoms with van der Waals surface area (Å²) >= 11 is 0. The molecule has 1 rings (SSSR count). The second-order valence-electron chi connectivity index (χ2n) is 6.24. The number of nitrogens with zero attached hydrogens (tertiary/aromatic N) is 1. The van der Waals surface area contributed by atoms with Gasteiger partial charge >= 0.3 is 0 Å². The van der Waals surface area contributed by atoms with E-state index in [2.05, 4.69) is 63.5 Å². The molecule has 0 aromatic carbocycles. The molecular weight excluding hydrogens is 236 g/mol. The first-order valence-corrected chi connectivity index (χ1v) is 7.00. The molecule has 0 aliphatic heterocycles. The molecule has 1 heterocycles. The van der Waals surface area contributed by atoms with Gasteiger partial charge in [-0.15, -0.1) is 6.58 Å². The van der Waals surface area contributed by atoms with Crippen LogP contribution in [0.25, 0.3) is 0 Å². The van der Waals surface area contributed by atoms with Crippen LogP contribution in [0.15, 0.2) is 29.2 Å². The molecule has 0 fully saturated rings. The fourth-order valence-corrected chi connectivity index (χ4v) is 1.83. The minimum atomic E-state index is 0.108. The number of furan rings is 1. The summed E-state index contributed by atoms with van der Waals surface area (Å²) in [5, 5.41) is 3.36. The third-order valence-corrected chi connectivity index (χ3v) is 3.05. The molecule has 108 valence electrons. The van der Waals surface area contributed by atoms with E-state index >= 15 is 0 Å². The van der Waals surface area contributed by atoms with Crippen molar-refractivity contribution in [3.63, 3.8) is 0 Å². The summed E-state index contributed by atoms with van der Waals surface area (Å²) in [5.74, 6) is 2.01. The quantitative estimate of drug-likeness (QED) is 0.763. The van der Waals surface area contributed by atoms with Gasteiger partial charge in [0, 0.05) is 18.1 Å². The van der Waals surface area contributed by atoms with Gasteiger partial charge in [-0.05, 0) is 32.9 Å². The van der Waals surface area contributed by atoms with Gasteiger partial charge in [-0.3, -0.25) is 4.90 Å². The van der Waals surface area contributed by atoms with Crippen LogP contribution in [0.2, 0.25) is 0 Å². The van der Waals surface area contributed by atoms with Crippen LogP contribution in [-0.2, 0) is 13.1 Å². The zero-order valence-corrected chi connectivity index (χ0v) is 13.0. The second kappa shape index (κ2) is 6.92. The highest BCUT2D eigenvalue weighted by atomic mass is 16.3. The summed E-state index contributed by atoms with van der Waals surface area (Å²) in [6.07, 6.45) is 1.94. The SMILES string of the molecule is C=CCN(Cc1ccc(CNC(C)C)o1)C(C)(C)C. The molecule has 0 amide bonds. The molecule has 0 saturated carbocycles. The van der Waals surface area contributed by atoms with Crippen LogP contribution in [0.4, 0.5) is 0 Å². The molecule has 1 aromatic rings. The Hall–Kier alpha value is -1.06. The van der Waals surface area contributed by atoms with Crippen LogP contribution in [-0.4, -0.2) is 23.0 Å². The molecule has 19 heavy (non-hydrogen) atoms. The molecule has 3 heteroatoms. The Bertz CT molecular complexity index is 388. The molecule has 0 saturated heterocycles. The fourth-order valence-electron chi connectivity index (χ4n) is 1.83. The van der Waals surface area contributed by atoms with Crippen molar-refractivity contribution in [2.45, 2.75) is 59.3 Å². The zero-order chi connectivity index (χ0) is 14.5. The van der Waals surface area contributed by atoms with E-state index in [0.717, 1.165) is 31.2 Å². The second-order valence-corrected chi connectivity index (χ2v) is 6.24. The first-order valence-electron chi connectivity index (χ1n) is 7.00. The summed E-state index contributed by atoms with van der Waals surface area (Å²) in [5.41, 5.74) is 0.108. The summed E-state index contributed by atoms with van der Waals surface area (Å²) in [7, 11) is 0. The van der Waals surface area contributed by atoms with E-state index in [0.29, 0.717) is 6.04 Å². The average molecular weight is 264 g/mol. The summed E-state index contributed by atoms with van der Waals surface area (Å²) in [4.78, 5) is 2.35. The standard InChI is InChI=1S/C16H28N2O/c1-7-10-18(16(4,5)6)12-15-9-8-14(19-15)11-17-13(2)3/h7-9,13,17H,1,10-12H2,2-6H3. The number of hydrogen-bond acceptors (Lipinski definition) is 3. The topological polar surface area (TPSA) is 28.4 Å². The highest BCUT2D eigenvalue weighted by molar-refractivity contribution is 5.08. The molecule has 0 atom stereocenters.